The van der Waals surface area contributed by atoms with E-state index in [0.717, 1.165) is 22.3 Å². The Hall–Kier alpha value is -3.80. The summed E-state index contributed by atoms with van der Waals surface area (Å²) in [5.41, 5.74) is 3.41. The molecule has 1 aliphatic rings. The number of esters is 1. The quantitative estimate of drug-likeness (QED) is 0.446. The fourth-order valence-electron chi connectivity index (χ4n) is 3.38. The maximum atomic E-state index is 12.6. The number of benzene rings is 2. The summed E-state index contributed by atoms with van der Waals surface area (Å²) >= 11 is 0. The van der Waals surface area contributed by atoms with Crippen molar-refractivity contribution in [1.82, 2.24) is 0 Å². The number of hydrogen-bond acceptors (Lipinski definition) is 6. The zero-order chi connectivity index (χ0) is 21.1. The van der Waals surface area contributed by atoms with Crippen LogP contribution in [-0.4, -0.2) is 26.0 Å². The molecule has 0 fully saturated rings. The summed E-state index contributed by atoms with van der Waals surface area (Å²) in [6.07, 6.45) is 2.50. The molecular weight excluding hydrogens is 384 g/mol. The van der Waals surface area contributed by atoms with Crippen molar-refractivity contribution in [2.24, 2.45) is 0 Å². The molecule has 0 saturated carbocycles. The second-order valence-electron chi connectivity index (χ2n) is 6.79. The van der Waals surface area contributed by atoms with Crippen LogP contribution in [0.5, 0.6) is 11.5 Å². The van der Waals surface area contributed by atoms with Crippen molar-refractivity contribution in [1.29, 1.82) is 0 Å². The molecule has 30 heavy (non-hydrogen) atoms. The summed E-state index contributed by atoms with van der Waals surface area (Å²) < 4.78 is 21.2. The van der Waals surface area contributed by atoms with Crippen LogP contribution in [0, 0.1) is 0 Å². The van der Waals surface area contributed by atoms with E-state index in [4.69, 9.17) is 13.9 Å². The Morgan fingerprint density at radius 1 is 1.07 bits per heavy atom. The minimum Gasteiger partial charge on any atom is -0.493 e. The van der Waals surface area contributed by atoms with E-state index >= 15 is 0 Å². The Morgan fingerprint density at radius 2 is 1.90 bits per heavy atom. The monoisotopic (exact) mass is 404 g/mol. The van der Waals surface area contributed by atoms with Crippen molar-refractivity contribution in [2.75, 3.05) is 14.2 Å². The molecule has 152 valence electrons. The molecule has 0 N–H and O–H groups in total. The number of Topliss-reactive ketones (excluding diaryl/α,β-unsaturated/α-hetero) is 1. The van der Waals surface area contributed by atoms with Crippen LogP contribution in [0.15, 0.2) is 64.6 Å². The molecule has 0 radical (unpaired) electrons. The van der Waals surface area contributed by atoms with E-state index in [-0.39, 0.29) is 18.2 Å². The van der Waals surface area contributed by atoms with Gasteiger partial charge in [-0.15, -0.1) is 0 Å². The molecule has 0 bridgehead atoms. The average Bonchev–Trinajstić information content (AvgIpc) is 3.37. The SMILES string of the molecule is COC(=O)c1ccc(COc2ccc(/C=C3\Cc4ccccc4C3=O)cc2OC)o1. The van der Waals surface area contributed by atoms with Gasteiger partial charge in [0, 0.05) is 17.6 Å². The number of furan rings is 1. The summed E-state index contributed by atoms with van der Waals surface area (Å²) in [7, 11) is 2.85. The number of ether oxygens (including phenoxy) is 3. The van der Waals surface area contributed by atoms with E-state index in [1.54, 1.807) is 19.2 Å². The van der Waals surface area contributed by atoms with Gasteiger partial charge in [-0.3, -0.25) is 4.79 Å². The molecule has 6 nitrogen and oxygen atoms in total. The number of carbonyl (C=O) groups is 2. The van der Waals surface area contributed by atoms with Gasteiger partial charge in [-0.2, -0.15) is 0 Å². The first-order chi connectivity index (χ1) is 14.6. The van der Waals surface area contributed by atoms with E-state index in [1.165, 1.54) is 13.2 Å². The van der Waals surface area contributed by atoms with Crippen molar-refractivity contribution in [3.8, 4) is 11.5 Å². The fourth-order valence-corrected chi connectivity index (χ4v) is 3.38. The maximum Gasteiger partial charge on any atom is 0.373 e. The summed E-state index contributed by atoms with van der Waals surface area (Å²) in [5, 5.41) is 0. The van der Waals surface area contributed by atoms with Gasteiger partial charge in [-0.05, 0) is 41.5 Å². The zero-order valence-electron chi connectivity index (χ0n) is 16.6. The highest BCUT2D eigenvalue weighted by Crippen LogP contribution is 2.32. The lowest BCUT2D eigenvalue weighted by molar-refractivity contribution is 0.0560. The van der Waals surface area contributed by atoms with Crippen LogP contribution in [0.2, 0.25) is 0 Å². The number of rotatable bonds is 6. The fraction of sp³-hybridized carbons (Fsp3) is 0.167. The minimum absolute atomic E-state index is 0.0594. The lowest BCUT2D eigenvalue weighted by atomic mass is 10.1. The van der Waals surface area contributed by atoms with Gasteiger partial charge in [-0.25, -0.2) is 4.79 Å². The Labute approximate surface area is 173 Å². The third kappa shape index (κ3) is 3.85. The molecule has 1 aromatic heterocycles. The molecule has 6 heteroatoms. The second-order valence-corrected chi connectivity index (χ2v) is 6.79. The normalized spacial score (nSPS) is 13.9. The number of allylic oxidation sites excluding steroid dienone is 1. The number of methoxy groups -OCH3 is 2. The van der Waals surface area contributed by atoms with Gasteiger partial charge in [0.05, 0.1) is 14.2 Å². The summed E-state index contributed by atoms with van der Waals surface area (Å²) in [6.45, 7) is 0.127. The van der Waals surface area contributed by atoms with Crippen LogP contribution in [0.3, 0.4) is 0 Å². The van der Waals surface area contributed by atoms with Gasteiger partial charge >= 0.3 is 5.97 Å². The Kier molecular flexibility index (Phi) is 5.39. The first kappa shape index (κ1) is 19.5. The molecule has 0 saturated heterocycles. The number of hydrogen-bond donors (Lipinski definition) is 0. The first-order valence-corrected chi connectivity index (χ1v) is 9.40. The molecule has 1 heterocycles. The standard InChI is InChI=1S/C24H20O6/c1-27-22-12-15(11-17-13-16-5-3-4-6-19(16)23(17)25)7-9-20(22)29-14-18-8-10-21(30-18)24(26)28-2/h3-12H,13-14H2,1-2H3/b17-11+. The Bertz CT molecular complexity index is 1140. The number of fused-ring (bicyclic) bond motifs is 1. The highest BCUT2D eigenvalue weighted by atomic mass is 16.5. The first-order valence-electron chi connectivity index (χ1n) is 9.40. The molecule has 0 amide bonds. The predicted molar refractivity (Wildman–Crippen MR) is 110 cm³/mol. The summed E-state index contributed by atoms with van der Waals surface area (Å²) in [5.74, 6) is 1.18. The molecular formula is C24H20O6. The molecule has 2 aromatic carbocycles. The van der Waals surface area contributed by atoms with Gasteiger partial charge in [0.15, 0.2) is 17.3 Å². The topological polar surface area (TPSA) is 75.0 Å². The molecule has 4 rings (SSSR count). The number of ketones is 1. The smallest absolute Gasteiger partial charge is 0.373 e. The van der Waals surface area contributed by atoms with Crippen LogP contribution in [0.1, 0.15) is 37.8 Å². The maximum absolute atomic E-state index is 12.6. The highest BCUT2D eigenvalue weighted by Gasteiger charge is 2.24. The molecule has 0 unspecified atom stereocenters. The van der Waals surface area contributed by atoms with E-state index in [2.05, 4.69) is 4.74 Å². The lowest BCUT2D eigenvalue weighted by Gasteiger charge is -2.10. The van der Waals surface area contributed by atoms with Crippen LogP contribution < -0.4 is 9.47 Å². The van der Waals surface area contributed by atoms with Crippen molar-refractivity contribution in [3.05, 3.63) is 88.4 Å². The van der Waals surface area contributed by atoms with Crippen molar-refractivity contribution < 1.29 is 28.2 Å². The molecule has 1 aliphatic carbocycles. The van der Waals surface area contributed by atoms with Crippen molar-refractivity contribution in [2.45, 2.75) is 13.0 Å². The average molecular weight is 404 g/mol. The largest absolute Gasteiger partial charge is 0.493 e. The van der Waals surface area contributed by atoms with Crippen molar-refractivity contribution >= 4 is 17.8 Å². The van der Waals surface area contributed by atoms with Crippen LogP contribution in [0.25, 0.3) is 6.08 Å². The predicted octanol–water partition coefficient (Wildman–Crippen LogP) is 4.48. The van der Waals surface area contributed by atoms with Crippen molar-refractivity contribution in [3.63, 3.8) is 0 Å². The summed E-state index contributed by atoms with van der Waals surface area (Å²) in [4.78, 5) is 24.1. The highest BCUT2D eigenvalue weighted by molar-refractivity contribution is 6.15. The Morgan fingerprint density at radius 3 is 2.67 bits per heavy atom. The van der Waals surface area contributed by atoms with Gasteiger partial charge in [-0.1, -0.05) is 30.3 Å². The third-order valence-corrected chi connectivity index (χ3v) is 4.88. The van der Waals surface area contributed by atoms with E-state index in [1.807, 2.05) is 42.5 Å². The number of carbonyl (C=O) groups excluding carboxylic acids is 2. The second kappa shape index (κ2) is 8.29. The van der Waals surface area contributed by atoms with Crippen LogP contribution >= 0.6 is 0 Å². The third-order valence-electron chi connectivity index (χ3n) is 4.88. The molecule has 0 aliphatic heterocycles. The Balaban J connectivity index is 1.49. The van der Waals surface area contributed by atoms with Gasteiger partial charge in [0.1, 0.15) is 12.4 Å². The lowest BCUT2D eigenvalue weighted by Crippen LogP contribution is -1.99. The molecule has 0 spiro atoms. The van der Waals surface area contributed by atoms with E-state index < -0.39 is 5.97 Å². The van der Waals surface area contributed by atoms with E-state index in [0.29, 0.717) is 23.7 Å². The van der Waals surface area contributed by atoms with E-state index in [9.17, 15) is 9.59 Å². The molecule has 3 aromatic rings. The van der Waals surface area contributed by atoms with Crippen LogP contribution in [-0.2, 0) is 17.8 Å². The minimum atomic E-state index is -0.542. The van der Waals surface area contributed by atoms with Gasteiger partial charge in [0.25, 0.3) is 0 Å². The van der Waals surface area contributed by atoms with Gasteiger partial charge < -0.3 is 18.6 Å². The molecule has 0 atom stereocenters. The summed E-state index contributed by atoms with van der Waals surface area (Å²) in [6, 6.07) is 16.3. The zero-order valence-corrected chi connectivity index (χ0v) is 16.6. The van der Waals surface area contributed by atoms with Gasteiger partial charge in [0.2, 0.25) is 5.76 Å². The van der Waals surface area contributed by atoms with Crippen LogP contribution in [0.4, 0.5) is 0 Å².